The van der Waals surface area contributed by atoms with Crippen molar-refractivity contribution in [3.05, 3.63) is 34.9 Å². The van der Waals surface area contributed by atoms with Crippen LogP contribution in [0.3, 0.4) is 0 Å². The molecule has 0 aliphatic carbocycles. The first-order valence-electron chi connectivity index (χ1n) is 9.28. The number of hydrogen-bond donors (Lipinski definition) is 2. The summed E-state index contributed by atoms with van der Waals surface area (Å²) in [6.07, 6.45) is 0.487. The molecule has 1 unspecified atom stereocenters. The van der Waals surface area contributed by atoms with Crippen LogP contribution in [-0.2, 0) is 9.59 Å². The second-order valence-corrected chi connectivity index (χ2v) is 7.67. The molecule has 150 valence electrons. The van der Waals surface area contributed by atoms with Crippen molar-refractivity contribution in [1.82, 2.24) is 15.5 Å². The van der Waals surface area contributed by atoms with Crippen LogP contribution >= 0.6 is 11.6 Å². The van der Waals surface area contributed by atoms with Crippen LogP contribution in [0.1, 0.15) is 51.4 Å². The normalized spacial score (nSPS) is 12.0. The summed E-state index contributed by atoms with van der Waals surface area (Å²) >= 11 is 5.86. The summed E-state index contributed by atoms with van der Waals surface area (Å²) in [4.78, 5) is 39.0. The van der Waals surface area contributed by atoms with Gasteiger partial charge in [-0.15, -0.1) is 0 Å². The van der Waals surface area contributed by atoms with Crippen LogP contribution in [0.15, 0.2) is 24.3 Å². The van der Waals surface area contributed by atoms with Gasteiger partial charge in [-0.25, -0.2) is 0 Å². The summed E-state index contributed by atoms with van der Waals surface area (Å²) in [6.45, 7) is 9.86. The van der Waals surface area contributed by atoms with Gasteiger partial charge in [0.25, 0.3) is 5.91 Å². The van der Waals surface area contributed by atoms with Gasteiger partial charge in [0.15, 0.2) is 0 Å². The fourth-order valence-electron chi connectivity index (χ4n) is 2.64. The average Bonchev–Trinajstić information content (AvgIpc) is 2.58. The van der Waals surface area contributed by atoms with Gasteiger partial charge in [0.2, 0.25) is 11.8 Å². The zero-order valence-electron chi connectivity index (χ0n) is 16.7. The zero-order valence-corrected chi connectivity index (χ0v) is 17.5. The Bertz CT molecular complexity index is 644. The number of nitrogens with one attached hydrogen (secondary N) is 2. The quantitative estimate of drug-likeness (QED) is 0.674. The highest BCUT2D eigenvalue weighted by atomic mass is 35.5. The largest absolute Gasteiger partial charge is 0.352 e. The Morgan fingerprint density at radius 1 is 1.04 bits per heavy atom. The molecule has 2 N–H and O–H groups in total. The molecule has 0 aliphatic heterocycles. The molecule has 0 aromatic heterocycles. The number of benzene rings is 1. The van der Waals surface area contributed by atoms with Crippen molar-refractivity contribution in [1.29, 1.82) is 0 Å². The lowest BCUT2D eigenvalue weighted by Crippen LogP contribution is -2.52. The van der Waals surface area contributed by atoms with Gasteiger partial charge in [0, 0.05) is 23.2 Å². The molecule has 3 amide bonds. The molecule has 0 heterocycles. The summed E-state index contributed by atoms with van der Waals surface area (Å²) < 4.78 is 0. The highest BCUT2D eigenvalue weighted by Gasteiger charge is 2.27. The second-order valence-electron chi connectivity index (χ2n) is 7.24. The van der Waals surface area contributed by atoms with Crippen molar-refractivity contribution < 1.29 is 14.4 Å². The second kappa shape index (κ2) is 10.9. The molecule has 0 fully saturated rings. The molecule has 0 saturated carbocycles. The van der Waals surface area contributed by atoms with Gasteiger partial charge in [0.05, 0.1) is 6.54 Å². The lowest BCUT2D eigenvalue weighted by molar-refractivity contribution is -0.137. The number of amides is 3. The monoisotopic (exact) mass is 395 g/mol. The number of hydrogen-bond acceptors (Lipinski definition) is 3. The van der Waals surface area contributed by atoms with Crippen molar-refractivity contribution in [3.8, 4) is 0 Å². The molecular weight excluding hydrogens is 366 g/mol. The van der Waals surface area contributed by atoms with E-state index in [4.69, 9.17) is 11.6 Å². The fourth-order valence-corrected chi connectivity index (χ4v) is 2.77. The highest BCUT2D eigenvalue weighted by molar-refractivity contribution is 6.30. The minimum Gasteiger partial charge on any atom is -0.352 e. The van der Waals surface area contributed by atoms with E-state index in [1.54, 1.807) is 24.3 Å². The van der Waals surface area contributed by atoms with E-state index >= 15 is 0 Å². The van der Waals surface area contributed by atoms with E-state index in [1.807, 2.05) is 34.6 Å². The van der Waals surface area contributed by atoms with Gasteiger partial charge in [-0.2, -0.15) is 0 Å². The van der Waals surface area contributed by atoms with Gasteiger partial charge in [-0.1, -0.05) is 25.4 Å². The summed E-state index contributed by atoms with van der Waals surface area (Å²) in [5.74, 6) is -0.610. The Labute approximate surface area is 166 Å². The van der Waals surface area contributed by atoms with Crippen LogP contribution in [0.4, 0.5) is 0 Å². The number of halogens is 1. The van der Waals surface area contributed by atoms with Gasteiger partial charge in [0.1, 0.15) is 6.04 Å². The molecule has 1 rings (SSSR count). The van der Waals surface area contributed by atoms with Crippen molar-refractivity contribution in [2.45, 2.75) is 53.1 Å². The molecule has 6 nitrogen and oxygen atoms in total. The smallest absolute Gasteiger partial charge is 0.251 e. The number of carbonyl (C=O) groups excluding carboxylic acids is 3. The molecular formula is C20H30ClN3O3. The number of nitrogens with zero attached hydrogens (tertiary/aromatic N) is 1. The topological polar surface area (TPSA) is 78.5 Å². The van der Waals surface area contributed by atoms with E-state index in [1.165, 1.54) is 4.90 Å². The van der Waals surface area contributed by atoms with Crippen LogP contribution < -0.4 is 10.6 Å². The maximum atomic E-state index is 13.0. The van der Waals surface area contributed by atoms with Crippen LogP contribution in [0.5, 0.6) is 0 Å². The molecule has 0 bridgehead atoms. The highest BCUT2D eigenvalue weighted by Crippen LogP contribution is 2.12. The third-order valence-corrected chi connectivity index (χ3v) is 4.15. The first kappa shape index (κ1) is 23.0. The van der Waals surface area contributed by atoms with E-state index < -0.39 is 6.04 Å². The van der Waals surface area contributed by atoms with E-state index in [0.29, 0.717) is 23.6 Å². The molecule has 1 atom stereocenters. The predicted octanol–water partition coefficient (Wildman–Crippen LogP) is 2.86. The predicted molar refractivity (Wildman–Crippen MR) is 108 cm³/mol. The summed E-state index contributed by atoms with van der Waals surface area (Å²) in [6, 6.07) is 5.79. The molecule has 0 saturated heterocycles. The molecule has 7 heteroatoms. The van der Waals surface area contributed by atoms with Crippen molar-refractivity contribution in [3.63, 3.8) is 0 Å². The lowest BCUT2D eigenvalue weighted by atomic mass is 10.0. The Balaban J connectivity index is 2.89. The first-order valence-corrected chi connectivity index (χ1v) is 9.66. The number of likely N-dealkylation sites (N-methyl/N-ethyl adjacent to an activating group) is 1. The molecule has 27 heavy (non-hydrogen) atoms. The molecule has 1 aromatic rings. The van der Waals surface area contributed by atoms with E-state index in [0.717, 1.165) is 0 Å². The summed E-state index contributed by atoms with van der Waals surface area (Å²) in [5.41, 5.74) is 0.432. The third-order valence-electron chi connectivity index (χ3n) is 3.89. The van der Waals surface area contributed by atoms with Gasteiger partial charge in [-0.05, 0) is 57.4 Å². The minimum absolute atomic E-state index is 0.00220. The van der Waals surface area contributed by atoms with Gasteiger partial charge in [-0.3, -0.25) is 14.4 Å². The Kier molecular flexibility index (Phi) is 9.29. The minimum atomic E-state index is -0.694. The van der Waals surface area contributed by atoms with E-state index in [-0.39, 0.29) is 36.2 Å². The first-order chi connectivity index (χ1) is 12.6. The Morgan fingerprint density at radius 3 is 2.11 bits per heavy atom. The van der Waals surface area contributed by atoms with Crippen molar-refractivity contribution in [2.75, 3.05) is 13.1 Å². The third kappa shape index (κ3) is 7.99. The average molecular weight is 396 g/mol. The molecule has 1 aromatic carbocycles. The standard InChI is InChI=1S/C20H30ClN3O3/c1-6-24(12-18(25)22-14(4)5)20(27)17(11-13(2)3)23-19(26)15-7-9-16(21)10-8-15/h7-10,13-14,17H,6,11-12H2,1-5H3,(H,22,25)(H,23,26). The SMILES string of the molecule is CCN(CC(=O)NC(C)C)C(=O)C(CC(C)C)NC(=O)c1ccc(Cl)cc1. The zero-order chi connectivity index (χ0) is 20.6. The molecule has 0 radical (unpaired) electrons. The van der Waals surface area contributed by atoms with E-state index in [2.05, 4.69) is 10.6 Å². The van der Waals surface area contributed by atoms with Crippen LogP contribution in [0.2, 0.25) is 5.02 Å². The van der Waals surface area contributed by atoms with Crippen LogP contribution in [0, 0.1) is 5.92 Å². The Hall–Kier alpha value is -2.08. The maximum Gasteiger partial charge on any atom is 0.251 e. The lowest BCUT2D eigenvalue weighted by Gasteiger charge is -2.28. The van der Waals surface area contributed by atoms with Crippen LogP contribution in [-0.4, -0.2) is 47.8 Å². The molecule has 0 aliphatic rings. The summed E-state index contributed by atoms with van der Waals surface area (Å²) in [7, 11) is 0. The Morgan fingerprint density at radius 2 is 1.63 bits per heavy atom. The number of rotatable bonds is 9. The fraction of sp³-hybridized carbons (Fsp3) is 0.550. The van der Waals surface area contributed by atoms with Crippen molar-refractivity contribution >= 4 is 29.3 Å². The van der Waals surface area contributed by atoms with Crippen molar-refractivity contribution in [2.24, 2.45) is 5.92 Å². The number of carbonyl (C=O) groups is 3. The summed E-state index contributed by atoms with van der Waals surface area (Å²) in [5, 5.41) is 6.13. The molecule has 0 spiro atoms. The van der Waals surface area contributed by atoms with Crippen LogP contribution in [0.25, 0.3) is 0 Å². The van der Waals surface area contributed by atoms with E-state index in [9.17, 15) is 14.4 Å². The van der Waals surface area contributed by atoms with Gasteiger partial charge >= 0.3 is 0 Å². The van der Waals surface area contributed by atoms with Gasteiger partial charge < -0.3 is 15.5 Å². The maximum absolute atomic E-state index is 13.0.